The van der Waals surface area contributed by atoms with Crippen molar-refractivity contribution in [3.05, 3.63) is 54.0 Å². The molecule has 0 fully saturated rings. The number of halogens is 4. The van der Waals surface area contributed by atoms with Crippen LogP contribution in [0, 0.1) is 10.5 Å². The van der Waals surface area contributed by atoms with E-state index >= 15 is 0 Å². The Kier molecular flexibility index (Phi) is 4.69. The molecule has 0 saturated heterocycles. The fraction of sp³-hybridized carbons (Fsp3) is 0.167. The summed E-state index contributed by atoms with van der Waals surface area (Å²) in [5.74, 6) is 0.618. The van der Waals surface area contributed by atoms with E-state index in [1.165, 1.54) is 0 Å². The molecule has 0 aliphatic carbocycles. The molecule has 1 aromatic carbocycles. The molecule has 94 valence electrons. The second kappa shape index (κ2) is 5.90. The van der Waals surface area contributed by atoms with Gasteiger partial charge in [0, 0.05) is 16.5 Å². The lowest BCUT2D eigenvalue weighted by Gasteiger charge is -2.08. The van der Waals surface area contributed by atoms with E-state index in [2.05, 4.69) is 32.6 Å². The maximum atomic E-state index is 6.12. The molecule has 0 bridgehead atoms. The molecule has 0 spiro atoms. The minimum Gasteiger partial charge on any atom is -0.237 e. The van der Waals surface area contributed by atoms with Gasteiger partial charge in [0.1, 0.15) is 11.0 Å². The van der Waals surface area contributed by atoms with E-state index in [4.69, 9.17) is 34.8 Å². The highest BCUT2D eigenvalue weighted by Gasteiger charge is 2.11. The van der Waals surface area contributed by atoms with Crippen molar-refractivity contribution < 1.29 is 0 Å². The summed E-state index contributed by atoms with van der Waals surface area (Å²) in [5, 5.41) is 1.68. The van der Waals surface area contributed by atoms with E-state index in [0.29, 0.717) is 27.4 Å². The zero-order chi connectivity index (χ0) is 13.3. The molecule has 0 aliphatic rings. The Morgan fingerprint density at radius 1 is 1.11 bits per heavy atom. The van der Waals surface area contributed by atoms with Gasteiger partial charge in [0.2, 0.25) is 0 Å². The maximum Gasteiger partial charge on any atom is 0.146 e. The summed E-state index contributed by atoms with van der Waals surface area (Å²) in [6, 6.07) is 5.40. The third-order valence-corrected chi connectivity index (χ3v) is 5.01. The number of aromatic nitrogens is 2. The van der Waals surface area contributed by atoms with Crippen molar-refractivity contribution in [3.8, 4) is 0 Å². The first kappa shape index (κ1) is 14.3. The number of benzene rings is 1. The fourth-order valence-corrected chi connectivity index (χ4v) is 2.52. The summed E-state index contributed by atoms with van der Waals surface area (Å²) in [6.45, 7) is 1.90. The molecular formula is C12H8Cl3IN2. The van der Waals surface area contributed by atoms with E-state index in [-0.39, 0.29) is 0 Å². The predicted molar refractivity (Wildman–Crippen MR) is 83.8 cm³/mol. The van der Waals surface area contributed by atoms with E-state index in [1.54, 1.807) is 18.2 Å². The molecule has 0 radical (unpaired) electrons. The van der Waals surface area contributed by atoms with Gasteiger partial charge in [-0.3, -0.25) is 0 Å². The smallest absolute Gasteiger partial charge is 0.146 e. The number of rotatable bonds is 2. The van der Waals surface area contributed by atoms with Gasteiger partial charge in [0.05, 0.1) is 9.26 Å². The van der Waals surface area contributed by atoms with Crippen molar-refractivity contribution in [3.63, 3.8) is 0 Å². The Hall–Kier alpha value is -0.100. The van der Waals surface area contributed by atoms with Gasteiger partial charge in [0.25, 0.3) is 0 Å². The molecular weight excluding hydrogens is 405 g/mol. The second-order valence-electron chi connectivity index (χ2n) is 3.71. The molecule has 1 heterocycles. The third-order valence-electron chi connectivity index (χ3n) is 2.42. The summed E-state index contributed by atoms with van der Waals surface area (Å²) in [4.78, 5) is 8.63. The largest absolute Gasteiger partial charge is 0.237 e. The van der Waals surface area contributed by atoms with Crippen LogP contribution in [0.5, 0.6) is 0 Å². The molecule has 2 rings (SSSR count). The normalized spacial score (nSPS) is 10.7. The molecule has 18 heavy (non-hydrogen) atoms. The van der Waals surface area contributed by atoms with Gasteiger partial charge in [-0.25, -0.2) is 9.97 Å². The van der Waals surface area contributed by atoms with Gasteiger partial charge in [-0.2, -0.15) is 0 Å². The van der Waals surface area contributed by atoms with Crippen LogP contribution in [0.25, 0.3) is 0 Å². The van der Waals surface area contributed by atoms with Crippen molar-refractivity contribution >= 4 is 57.4 Å². The van der Waals surface area contributed by atoms with Crippen molar-refractivity contribution in [1.82, 2.24) is 9.97 Å². The summed E-state index contributed by atoms with van der Waals surface area (Å²) in [7, 11) is 0. The molecule has 2 nitrogen and oxygen atoms in total. The first-order valence-electron chi connectivity index (χ1n) is 5.10. The highest BCUT2D eigenvalue weighted by Crippen LogP contribution is 2.27. The number of aryl methyl sites for hydroxylation is 1. The Labute approximate surface area is 134 Å². The van der Waals surface area contributed by atoms with Gasteiger partial charge in [-0.1, -0.05) is 40.9 Å². The van der Waals surface area contributed by atoms with Gasteiger partial charge >= 0.3 is 0 Å². The quantitative estimate of drug-likeness (QED) is 0.515. The fourth-order valence-electron chi connectivity index (χ4n) is 1.52. The van der Waals surface area contributed by atoms with Crippen LogP contribution in [0.1, 0.15) is 17.1 Å². The predicted octanol–water partition coefficient (Wildman–Crippen LogP) is 4.94. The van der Waals surface area contributed by atoms with Crippen LogP contribution in [0.2, 0.25) is 15.2 Å². The average Bonchev–Trinajstić information content (AvgIpc) is 2.31. The Bertz CT molecular complexity index is 559. The Balaban J connectivity index is 2.41. The topological polar surface area (TPSA) is 25.8 Å². The lowest BCUT2D eigenvalue weighted by molar-refractivity contribution is 0.934. The summed E-state index contributed by atoms with van der Waals surface area (Å²) in [5.41, 5.74) is 1.67. The van der Waals surface area contributed by atoms with E-state index in [1.807, 2.05) is 6.92 Å². The van der Waals surface area contributed by atoms with Crippen LogP contribution in [0.3, 0.4) is 0 Å². The van der Waals surface area contributed by atoms with E-state index in [9.17, 15) is 0 Å². The molecule has 6 heteroatoms. The summed E-state index contributed by atoms with van der Waals surface area (Å²) >= 11 is 20.4. The molecule has 0 unspecified atom stereocenters. The number of hydrogen-bond acceptors (Lipinski definition) is 2. The third kappa shape index (κ3) is 3.07. The van der Waals surface area contributed by atoms with Crippen molar-refractivity contribution in [2.45, 2.75) is 13.3 Å². The van der Waals surface area contributed by atoms with Crippen LogP contribution in [-0.4, -0.2) is 9.97 Å². The summed E-state index contributed by atoms with van der Waals surface area (Å²) in [6.07, 6.45) is 0.468. The first-order valence-corrected chi connectivity index (χ1v) is 7.31. The van der Waals surface area contributed by atoms with Crippen LogP contribution < -0.4 is 0 Å². The zero-order valence-corrected chi connectivity index (χ0v) is 13.8. The van der Waals surface area contributed by atoms with Gasteiger partial charge in [-0.15, -0.1) is 0 Å². The molecule has 0 aliphatic heterocycles. The second-order valence-corrected chi connectivity index (χ2v) is 5.96. The summed E-state index contributed by atoms with van der Waals surface area (Å²) < 4.78 is 0.864. The van der Waals surface area contributed by atoms with Crippen molar-refractivity contribution in [2.75, 3.05) is 0 Å². The SMILES string of the molecule is Cc1nc(Cc2c(Cl)cccc2Cl)nc(Cl)c1I. The van der Waals surface area contributed by atoms with E-state index in [0.717, 1.165) is 14.8 Å². The number of hydrogen-bond donors (Lipinski definition) is 0. The molecule has 0 atom stereocenters. The minimum absolute atomic E-state index is 0.460. The minimum atomic E-state index is 0.460. The highest BCUT2D eigenvalue weighted by atomic mass is 127. The molecule has 1 aromatic heterocycles. The zero-order valence-electron chi connectivity index (χ0n) is 9.35. The van der Waals surface area contributed by atoms with Crippen molar-refractivity contribution in [2.24, 2.45) is 0 Å². The van der Waals surface area contributed by atoms with Crippen molar-refractivity contribution in [1.29, 1.82) is 0 Å². The van der Waals surface area contributed by atoms with Crippen LogP contribution in [0.4, 0.5) is 0 Å². The van der Waals surface area contributed by atoms with Crippen LogP contribution >= 0.6 is 57.4 Å². The van der Waals surface area contributed by atoms with Crippen LogP contribution in [-0.2, 0) is 6.42 Å². The average molecular weight is 413 g/mol. The number of nitrogens with zero attached hydrogens (tertiary/aromatic N) is 2. The van der Waals surface area contributed by atoms with Gasteiger partial charge in [-0.05, 0) is 47.2 Å². The van der Waals surface area contributed by atoms with E-state index < -0.39 is 0 Å². The highest BCUT2D eigenvalue weighted by molar-refractivity contribution is 14.1. The molecule has 0 amide bonds. The lowest BCUT2D eigenvalue weighted by atomic mass is 10.1. The standard InChI is InChI=1S/C12H8Cl3IN2/c1-6-11(16)12(15)18-10(17-6)5-7-8(13)3-2-4-9(7)14/h2-4H,5H2,1H3. The van der Waals surface area contributed by atoms with Crippen LogP contribution in [0.15, 0.2) is 18.2 Å². The van der Waals surface area contributed by atoms with Gasteiger partial charge < -0.3 is 0 Å². The molecule has 0 saturated carbocycles. The molecule has 2 aromatic rings. The first-order chi connectivity index (χ1) is 8.49. The lowest BCUT2D eigenvalue weighted by Crippen LogP contribution is -2.02. The Morgan fingerprint density at radius 3 is 2.28 bits per heavy atom. The molecule has 0 N–H and O–H groups in total. The Morgan fingerprint density at radius 2 is 1.72 bits per heavy atom. The monoisotopic (exact) mass is 412 g/mol. The maximum absolute atomic E-state index is 6.12. The van der Waals surface area contributed by atoms with Gasteiger partial charge in [0.15, 0.2) is 0 Å².